The molecule has 2 rings (SSSR count). The van der Waals surface area contributed by atoms with Gasteiger partial charge in [0, 0.05) is 32.7 Å². The highest BCUT2D eigenvalue weighted by molar-refractivity contribution is 14.0. The van der Waals surface area contributed by atoms with E-state index >= 15 is 0 Å². The van der Waals surface area contributed by atoms with Gasteiger partial charge in [-0.15, -0.1) is 24.0 Å². The fourth-order valence-electron chi connectivity index (χ4n) is 3.31. The van der Waals surface area contributed by atoms with E-state index in [0.717, 1.165) is 57.3 Å². The quantitative estimate of drug-likeness (QED) is 0.264. The third-order valence-corrected chi connectivity index (χ3v) is 4.59. The summed E-state index contributed by atoms with van der Waals surface area (Å²) in [6, 6.07) is 5.43. The zero-order valence-corrected chi connectivity index (χ0v) is 20.4. The van der Waals surface area contributed by atoms with Crippen LogP contribution in [0.4, 0.5) is 0 Å². The largest absolute Gasteiger partial charge is 0.504 e. The minimum Gasteiger partial charge on any atom is -0.504 e. The second-order valence-corrected chi connectivity index (χ2v) is 7.55. The lowest BCUT2D eigenvalue weighted by Gasteiger charge is -2.33. The number of nitrogens with one attached hydrogen (secondary N) is 2. The number of aromatic hydroxyl groups is 1. The number of ether oxygens (including phenoxy) is 2. The topological polar surface area (TPSA) is 78.4 Å². The number of nitrogens with zero attached hydrogens (tertiary/aromatic N) is 2. The second-order valence-electron chi connectivity index (χ2n) is 7.55. The summed E-state index contributed by atoms with van der Waals surface area (Å²) in [4.78, 5) is 7.17. The average molecular weight is 520 g/mol. The first kappa shape index (κ1) is 25.8. The van der Waals surface area contributed by atoms with Crippen LogP contribution in [-0.2, 0) is 11.2 Å². The number of rotatable bonds is 9. The Hall–Kier alpha value is -1.26. The van der Waals surface area contributed by atoms with E-state index in [1.54, 1.807) is 13.2 Å². The number of morpholine rings is 1. The van der Waals surface area contributed by atoms with E-state index in [-0.39, 0.29) is 35.8 Å². The number of hydrogen-bond acceptors (Lipinski definition) is 5. The van der Waals surface area contributed by atoms with Gasteiger partial charge in [-0.2, -0.15) is 0 Å². The highest BCUT2D eigenvalue weighted by Crippen LogP contribution is 2.26. The van der Waals surface area contributed by atoms with E-state index in [1.165, 1.54) is 0 Å². The SMILES string of the molecule is CCNC(=NCC1CN(CC(C)C)CCO1)NCCc1ccc(O)c(OC)c1.I. The molecule has 7 nitrogen and oxygen atoms in total. The van der Waals surface area contributed by atoms with Crippen molar-refractivity contribution >= 4 is 29.9 Å². The molecule has 1 atom stereocenters. The van der Waals surface area contributed by atoms with Gasteiger partial charge in [-0.25, -0.2) is 0 Å². The van der Waals surface area contributed by atoms with Crippen LogP contribution in [-0.4, -0.2) is 75.1 Å². The minimum atomic E-state index is 0. The van der Waals surface area contributed by atoms with E-state index in [0.29, 0.717) is 18.2 Å². The fourth-order valence-corrected chi connectivity index (χ4v) is 3.31. The van der Waals surface area contributed by atoms with Crippen LogP contribution in [0.25, 0.3) is 0 Å². The van der Waals surface area contributed by atoms with Gasteiger partial charge in [-0.05, 0) is 37.0 Å². The van der Waals surface area contributed by atoms with Crippen LogP contribution in [0.5, 0.6) is 11.5 Å². The van der Waals surface area contributed by atoms with Gasteiger partial charge in [0.1, 0.15) is 0 Å². The third kappa shape index (κ3) is 9.39. The molecule has 0 bridgehead atoms. The van der Waals surface area contributed by atoms with E-state index in [9.17, 15) is 5.11 Å². The maximum absolute atomic E-state index is 9.69. The number of methoxy groups -OCH3 is 1. The van der Waals surface area contributed by atoms with Gasteiger partial charge in [-0.3, -0.25) is 9.89 Å². The van der Waals surface area contributed by atoms with Crippen molar-refractivity contribution in [1.29, 1.82) is 0 Å². The van der Waals surface area contributed by atoms with Gasteiger partial charge in [0.25, 0.3) is 0 Å². The summed E-state index contributed by atoms with van der Waals surface area (Å²) in [5.41, 5.74) is 1.10. The Bertz CT molecular complexity index is 628. The first-order valence-corrected chi connectivity index (χ1v) is 10.2. The molecule has 0 aromatic heterocycles. The van der Waals surface area contributed by atoms with E-state index < -0.39 is 0 Å². The zero-order chi connectivity index (χ0) is 20.4. The molecule has 0 saturated carbocycles. The van der Waals surface area contributed by atoms with Crippen LogP contribution in [0.15, 0.2) is 23.2 Å². The summed E-state index contributed by atoms with van der Waals surface area (Å²) in [5, 5.41) is 16.4. The highest BCUT2D eigenvalue weighted by atomic mass is 127. The Morgan fingerprint density at radius 3 is 2.86 bits per heavy atom. The van der Waals surface area contributed by atoms with Crippen LogP contribution in [0.3, 0.4) is 0 Å². The fraction of sp³-hybridized carbons (Fsp3) is 0.667. The molecule has 0 radical (unpaired) electrons. The zero-order valence-electron chi connectivity index (χ0n) is 18.1. The van der Waals surface area contributed by atoms with Crippen molar-refractivity contribution in [1.82, 2.24) is 15.5 Å². The van der Waals surface area contributed by atoms with E-state index in [1.807, 2.05) is 12.1 Å². The maximum atomic E-state index is 9.69. The van der Waals surface area contributed by atoms with Gasteiger partial charge in [0.05, 0.1) is 26.4 Å². The van der Waals surface area contributed by atoms with Crippen molar-refractivity contribution in [2.24, 2.45) is 10.9 Å². The normalized spacial score (nSPS) is 17.7. The molecule has 1 heterocycles. The Balaban J connectivity index is 0.00000420. The molecule has 1 saturated heterocycles. The van der Waals surface area contributed by atoms with Gasteiger partial charge >= 0.3 is 0 Å². The molecular weight excluding hydrogens is 483 g/mol. The predicted octanol–water partition coefficient (Wildman–Crippen LogP) is 2.47. The number of guanidine groups is 1. The molecule has 1 aromatic carbocycles. The summed E-state index contributed by atoms with van der Waals surface area (Å²) in [6.07, 6.45) is 0.952. The molecule has 1 aliphatic rings. The number of phenolic OH excluding ortho intramolecular Hbond substituents is 1. The van der Waals surface area contributed by atoms with Crippen molar-refractivity contribution in [3.63, 3.8) is 0 Å². The second kappa shape index (κ2) is 13.9. The summed E-state index contributed by atoms with van der Waals surface area (Å²) in [6.45, 7) is 12.6. The Morgan fingerprint density at radius 2 is 2.17 bits per heavy atom. The number of aliphatic imine (C=N–C) groups is 1. The van der Waals surface area contributed by atoms with Gasteiger partial charge < -0.3 is 25.2 Å². The molecule has 29 heavy (non-hydrogen) atoms. The summed E-state index contributed by atoms with van der Waals surface area (Å²) < 4.78 is 11.1. The summed E-state index contributed by atoms with van der Waals surface area (Å²) in [7, 11) is 1.56. The molecule has 3 N–H and O–H groups in total. The average Bonchev–Trinajstić information content (AvgIpc) is 2.67. The van der Waals surface area contributed by atoms with Gasteiger partial charge in [-0.1, -0.05) is 19.9 Å². The predicted molar refractivity (Wildman–Crippen MR) is 129 cm³/mol. The summed E-state index contributed by atoms with van der Waals surface area (Å²) >= 11 is 0. The van der Waals surface area contributed by atoms with Crippen molar-refractivity contribution in [2.45, 2.75) is 33.3 Å². The lowest BCUT2D eigenvalue weighted by atomic mass is 10.1. The monoisotopic (exact) mass is 520 g/mol. The third-order valence-electron chi connectivity index (χ3n) is 4.59. The smallest absolute Gasteiger partial charge is 0.191 e. The molecular formula is C21H37IN4O3. The van der Waals surface area contributed by atoms with Crippen molar-refractivity contribution in [3.05, 3.63) is 23.8 Å². The van der Waals surface area contributed by atoms with Gasteiger partial charge in [0.2, 0.25) is 0 Å². The standard InChI is InChI=1S/C21H36N4O3.HI/c1-5-22-21(23-9-8-17-6-7-19(26)20(12-17)27-4)24-13-18-15-25(10-11-28-18)14-16(2)3;/h6-7,12,16,18,26H,5,8-11,13-15H2,1-4H3,(H2,22,23,24);1H. The lowest BCUT2D eigenvalue weighted by molar-refractivity contribution is -0.0261. The molecule has 0 aliphatic carbocycles. The highest BCUT2D eigenvalue weighted by Gasteiger charge is 2.20. The van der Waals surface area contributed by atoms with Crippen molar-refractivity contribution in [2.75, 3.05) is 53.0 Å². The number of phenols is 1. The maximum Gasteiger partial charge on any atom is 0.191 e. The first-order valence-electron chi connectivity index (χ1n) is 10.2. The lowest BCUT2D eigenvalue weighted by Crippen LogP contribution is -2.46. The van der Waals surface area contributed by atoms with Crippen molar-refractivity contribution < 1.29 is 14.6 Å². The Labute approximate surface area is 192 Å². The molecule has 1 aromatic rings. The van der Waals surface area contributed by atoms with Crippen molar-refractivity contribution in [3.8, 4) is 11.5 Å². The van der Waals surface area contributed by atoms with E-state index in [4.69, 9.17) is 14.5 Å². The van der Waals surface area contributed by atoms with Crippen LogP contribution in [0, 0.1) is 5.92 Å². The molecule has 8 heteroatoms. The number of benzene rings is 1. The molecule has 166 valence electrons. The van der Waals surface area contributed by atoms with Crippen LogP contribution in [0.2, 0.25) is 0 Å². The Morgan fingerprint density at radius 1 is 1.38 bits per heavy atom. The van der Waals surface area contributed by atoms with Crippen LogP contribution >= 0.6 is 24.0 Å². The van der Waals surface area contributed by atoms with Crippen LogP contribution in [0.1, 0.15) is 26.3 Å². The van der Waals surface area contributed by atoms with E-state index in [2.05, 4.69) is 36.3 Å². The first-order chi connectivity index (χ1) is 13.5. The number of hydrogen-bond donors (Lipinski definition) is 3. The molecule has 1 fully saturated rings. The summed E-state index contributed by atoms with van der Waals surface area (Å²) in [5.74, 6) is 2.13. The molecule has 1 unspecified atom stereocenters. The Kier molecular flexibility index (Phi) is 12.3. The minimum absolute atomic E-state index is 0. The number of halogens is 1. The molecule has 0 amide bonds. The van der Waals surface area contributed by atoms with Gasteiger partial charge in [0.15, 0.2) is 17.5 Å². The molecule has 1 aliphatic heterocycles. The molecule has 0 spiro atoms. The van der Waals surface area contributed by atoms with Crippen LogP contribution < -0.4 is 15.4 Å².